The second kappa shape index (κ2) is 11.2. The highest BCUT2D eigenvalue weighted by Crippen LogP contribution is 2.14. The number of hydrogen-bond acceptors (Lipinski definition) is 3. The van der Waals surface area contributed by atoms with Gasteiger partial charge in [-0.25, -0.2) is 4.39 Å². The van der Waals surface area contributed by atoms with Crippen LogP contribution in [0.2, 0.25) is 0 Å². The Bertz CT molecular complexity index is 828. The second-order valence-corrected chi connectivity index (χ2v) is 7.14. The van der Waals surface area contributed by atoms with Crippen LogP contribution in [0.15, 0.2) is 48.5 Å². The SMILES string of the molecule is CCN(CCNC(=O)C[NH+](C)CC(=O)Nc1cccc(F)c1)c1cccc(C)c1. The highest BCUT2D eigenvalue weighted by Gasteiger charge is 2.14. The van der Waals surface area contributed by atoms with Crippen LogP contribution in [0.5, 0.6) is 0 Å². The molecule has 0 saturated heterocycles. The van der Waals surface area contributed by atoms with Gasteiger partial charge in [0.05, 0.1) is 7.05 Å². The molecule has 29 heavy (non-hydrogen) atoms. The highest BCUT2D eigenvalue weighted by atomic mass is 19.1. The Kier molecular flexibility index (Phi) is 8.61. The minimum absolute atomic E-state index is 0.110. The number of nitrogens with zero attached hydrogens (tertiary/aromatic N) is 1. The molecule has 0 aromatic heterocycles. The average molecular weight is 402 g/mol. The highest BCUT2D eigenvalue weighted by molar-refractivity contribution is 5.91. The van der Waals surface area contributed by atoms with E-state index < -0.39 is 5.82 Å². The zero-order valence-corrected chi connectivity index (χ0v) is 17.3. The molecule has 2 amide bonds. The maximum Gasteiger partial charge on any atom is 0.279 e. The van der Waals surface area contributed by atoms with E-state index in [0.717, 1.165) is 17.1 Å². The van der Waals surface area contributed by atoms with E-state index in [1.807, 2.05) is 6.07 Å². The quantitative estimate of drug-likeness (QED) is 0.561. The van der Waals surface area contributed by atoms with Gasteiger partial charge in [0.15, 0.2) is 13.1 Å². The lowest BCUT2D eigenvalue weighted by Crippen LogP contribution is -3.11. The van der Waals surface area contributed by atoms with E-state index in [9.17, 15) is 14.0 Å². The number of carbonyl (C=O) groups excluding carboxylic acids is 2. The molecule has 2 aromatic rings. The molecular weight excluding hydrogens is 371 g/mol. The molecule has 0 spiro atoms. The molecule has 7 heteroatoms. The number of anilines is 2. The van der Waals surface area contributed by atoms with E-state index in [0.29, 0.717) is 18.8 Å². The van der Waals surface area contributed by atoms with Crippen molar-refractivity contribution in [2.24, 2.45) is 0 Å². The summed E-state index contributed by atoms with van der Waals surface area (Å²) in [5.74, 6) is -0.784. The van der Waals surface area contributed by atoms with Gasteiger partial charge in [-0.1, -0.05) is 18.2 Å². The van der Waals surface area contributed by atoms with E-state index in [1.54, 1.807) is 13.1 Å². The first-order valence-corrected chi connectivity index (χ1v) is 9.82. The van der Waals surface area contributed by atoms with Gasteiger partial charge >= 0.3 is 0 Å². The minimum Gasteiger partial charge on any atom is -0.370 e. The van der Waals surface area contributed by atoms with Gasteiger partial charge in [0.2, 0.25) is 0 Å². The summed E-state index contributed by atoms with van der Waals surface area (Å²) in [6.07, 6.45) is 0. The Labute approximate surface area is 171 Å². The van der Waals surface area contributed by atoms with Crippen LogP contribution in [-0.2, 0) is 9.59 Å². The van der Waals surface area contributed by atoms with Gasteiger partial charge in [-0.15, -0.1) is 0 Å². The molecule has 6 nitrogen and oxygen atoms in total. The Morgan fingerprint density at radius 3 is 2.48 bits per heavy atom. The molecule has 0 aliphatic carbocycles. The van der Waals surface area contributed by atoms with Crippen LogP contribution in [0.1, 0.15) is 12.5 Å². The first-order valence-electron chi connectivity index (χ1n) is 9.82. The molecule has 1 unspecified atom stereocenters. The fraction of sp³-hybridized carbons (Fsp3) is 0.364. The number of hydrogen-bond donors (Lipinski definition) is 3. The van der Waals surface area contributed by atoms with Crippen LogP contribution in [0.25, 0.3) is 0 Å². The molecule has 2 rings (SSSR count). The zero-order valence-electron chi connectivity index (χ0n) is 17.3. The number of aryl methyl sites for hydroxylation is 1. The monoisotopic (exact) mass is 401 g/mol. The summed E-state index contributed by atoms with van der Waals surface area (Å²) in [5, 5.41) is 5.55. The number of likely N-dealkylation sites (N-methyl/N-ethyl adjacent to an activating group) is 2. The van der Waals surface area contributed by atoms with Crippen LogP contribution in [0.3, 0.4) is 0 Å². The third-order valence-corrected chi connectivity index (χ3v) is 4.49. The molecule has 2 aromatic carbocycles. The van der Waals surface area contributed by atoms with Gasteiger partial charge in [-0.2, -0.15) is 0 Å². The van der Waals surface area contributed by atoms with Crippen LogP contribution >= 0.6 is 0 Å². The van der Waals surface area contributed by atoms with Crippen molar-refractivity contribution in [1.29, 1.82) is 0 Å². The van der Waals surface area contributed by atoms with Gasteiger partial charge in [-0.3, -0.25) is 9.59 Å². The van der Waals surface area contributed by atoms with Gasteiger partial charge < -0.3 is 20.4 Å². The predicted octanol–water partition coefficient (Wildman–Crippen LogP) is 1.23. The van der Waals surface area contributed by atoms with Crippen molar-refractivity contribution in [3.63, 3.8) is 0 Å². The Morgan fingerprint density at radius 1 is 1.07 bits per heavy atom. The smallest absolute Gasteiger partial charge is 0.279 e. The van der Waals surface area contributed by atoms with Gasteiger partial charge in [0.1, 0.15) is 5.82 Å². The molecule has 0 saturated carbocycles. The van der Waals surface area contributed by atoms with Crippen LogP contribution in [0.4, 0.5) is 15.8 Å². The van der Waals surface area contributed by atoms with Crippen LogP contribution < -0.4 is 20.4 Å². The third-order valence-electron chi connectivity index (χ3n) is 4.49. The number of rotatable bonds is 10. The van der Waals surface area contributed by atoms with Crippen molar-refractivity contribution in [2.45, 2.75) is 13.8 Å². The number of carbonyl (C=O) groups is 2. The number of nitrogens with one attached hydrogen (secondary N) is 3. The molecule has 0 aliphatic rings. The number of benzene rings is 2. The van der Waals surface area contributed by atoms with E-state index in [-0.39, 0.29) is 24.9 Å². The van der Waals surface area contributed by atoms with Crippen molar-refractivity contribution in [3.05, 3.63) is 59.9 Å². The topological polar surface area (TPSA) is 65.9 Å². The Morgan fingerprint density at radius 2 is 1.79 bits per heavy atom. The second-order valence-electron chi connectivity index (χ2n) is 7.14. The molecular formula is C22H30FN4O2+. The van der Waals surface area contributed by atoms with Crippen LogP contribution in [0, 0.1) is 12.7 Å². The van der Waals surface area contributed by atoms with E-state index in [4.69, 9.17) is 0 Å². The van der Waals surface area contributed by atoms with E-state index in [2.05, 4.69) is 47.6 Å². The van der Waals surface area contributed by atoms with Crippen molar-refractivity contribution in [1.82, 2.24) is 5.32 Å². The maximum absolute atomic E-state index is 13.2. The molecule has 0 bridgehead atoms. The van der Waals surface area contributed by atoms with Gasteiger partial charge in [0, 0.05) is 31.0 Å². The van der Waals surface area contributed by atoms with Crippen molar-refractivity contribution in [3.8, 4) is 0 Å². The summed E-state index contributed by atoms with van der Waals surface area (Å²) in [4.78, 5) is 27.2. The summed E-state index contributed by atoms with van der Waals surface area (Å²) < 4.78 is 13.2. The summed E-state index contributed by atoms with van der Waals surface area (Å²) >= 11 is 0. The Balaban J connectivity index is 1.71. The van der Waals surface area contributed by atoms with E-state index >= 15 is 0 Å². The summed E-state index contributed by atoms with van der Waals surface area (Å²) in [7, 11) is 1.77. The van der Waals surface area contributed by atoms with Crippen molar-refractivity contribution in [2.75, 3.05) is 50.0 Å². The standard InChI is InChI=1S/C22H29FN4O2/c1-4-27(20-10-5-7-17(2)13-20)12-11-24-21(28)15-26(3)16-22(29)25-19-9-6-8-18(23)14-19/h5-10,13-14H,4,11-12,15-16H2,1-3H3,(H,24,28)(H,25,29)/p+1. The van der Waals surface area contributed by atoms with Crippen LogP contribution in [-0.4, -0.2) is 51.6 Å². The predicted molar refractivity (Wildman–Crippen MR) is 114 cm³/mol. The molecule has 156 valence electrons. The first kappa shape index (κ1) is 22.4. The number of quaternary nitrogens is 1. The third kappa shape index (κ3) is 7.91. The first-order chi connectivity index (χ1) is 13.9. The molecule has 0 aliphatic heterocycles. The molecule has 0 heterocycles. The lowest BCUT2D eigenvalue weighted by molar-refractivity contribution is -0.862. The van der Waals surface area contributed by atoms with Gasteiger partial charge in [0.25, 0.3) is 11.8 Å². The zero-order chi connectivity index (χ0) is 21.2. The van der Waals surface area contributed by atoms with Crippen molar-refractivity contribution < 1.29 is 18.9 Å². The molecule has 0 fully saturated rings. The van der Waals surface area contributed by atoms with Gasteiger partial charge in [-0.05, 0) is 49.7 Å². The molecule has 1 atom stereocenters. The Hall–Kier alpha value is -2.93. The molecule has 3 N–H and O–H groups in total. The molecule has 0 radical (unpaired) electrons. The average Bonchev–Trinajstić information content (AvgIpc) is 2.65. The summed E-state index contributed by atoms with van der Waals surface area (Å²) in [6, 6.07) is 14.0. The lowest BCUT2D eigenvalue weighted by Gasteiger charge is -2.23. The number of halogens is 1. The minimum atomic E-state index is -0.408. The fourth-order valence-electron chi connectivity index (χ4n) is 3.07. The fourth-order valence-corrected chi connectivity index (χ4v) is 3.07. The number of amides is 2. The lowest BCUT2D eigenvalue weighted by atomic mass is 10.2. The van der Waals surface area contributed by atoms with Crippen molar-refractivity contribution >= 4 is 23.2 Å². The largest absolute Gasteiger partial charge is 0.370 e. The van der Waals surface area contributed by atoms with E-state index in [1.165, 1.54) is 23.8 Å². The maximum atomic E-state index is 13.2. The summed E-state index contributed by atoms with van der Waals surface area (Å²) in [6.45, 7) is 6.54. The normalized spacial score (nSPS) is 11.6. The summed E-state index contributed by atoms with van der Waals surface area (Å²) in [5.41, 5.74) is 2.74.